The van der Waals surface area contributed by atoms with Gasteiger partial charge in [-0.2, -0.15) is 0 Å². The van der Waals surface area contributed by atoms with Gasteiger partial charge in [-0.25, -0.2) is 5.01 Å². The molecule has 0 radical (unpaired) electrons. The van der Waals surface area contributed by atoms with Gasteiger partial charge in [0.25, 0.3) is 0 Å². The average molecular weight is 158 g/mol. The number of rotatable bonds is 2. The molecule has 0 aliphatic heterocycles. The third-order valence-corrected chi connectivity index (χ3v) is 2.33. The average Bonchev–Trinajstić information content (AvgIpc) is 1.85. The Morgan fingerprint density at radius 3 is 2.36 bits per heavy atom. The lowest BCUT2D eigenvalue weighted by Gasteiger charge is -2.33. The van der Waals surface area contributed by atoms with Crippen molar-refractivity contribution >= 4 is 0 Å². The van der Waals surface area contributed by atoms with Crippen LogP contribution in [0.3, 0.4) is 0 Å². The van der Waals surface area contributed by atoms with Gasteiger partial charge in [-0.05, 0) is 12.8 Å². The summed E-state index contributed by atoms with van der Waals surface area (Å²) in [5.41, 5.74) is -0.498. The van der Waals surface area contributed by atoms with Crippen LogP contribution in [0.25, 0.3) is 0 Å². The first-order valence-corrected chi connectivity index (χ1v) is 4.31. The van der Waals surface area contributed by atoms with Crippen LogP contribution in [0.1, 0.15) is 32.1 Å². The number of nitrogens with zero attached hydrogens (tertiary/aromatic N) is 1. The molecule has 0 aromatic carbocycles. The fourth-order valence-corrected chi connectivity index (χ4v) is 1.83. The molecule has 0 unspecified atom stereocenters. The van der Waals surface area contributed by atoms with Gasteiger partial charge in [-0.1, -0.05) is 19.3 Å². The molecule has 0 heterocycles. The summed E-state index contributed by atoms with van der Waals surface area (Å²) in [5.74, 6) is 5.48. The van der Waals surface area contributed by atoms with Gasteiger partial charge in [0, 0.05) is 13.6 Å². The fourth-order valence-electron chi connectivity index (χ4n) is 1.83. The lowest BCUT2D eigenvalue weighted by molar-refractivity contribution is -0.0210. The SMILES string of the molecule is CN(N)CC1(O)CCCCC1. The van der Waals surface area contributed by atoms with Crippen molar-refractivity contribution < 1.29 is 5.11 Å². The van der Waals surface area contributed by atoms with Crippen molar-refractivity contribution in [2.24, 2.45) is 5.84 Å². The van der Waals surface area contributed by atoms with E-state index in [0.717, 1.165) is 25.7 Å². The maximum Gasteiger partial charge on any atom is 0.0787 e. The van der Waals surface area contributed by atoms with E-state index in [1.807, 2.05) is 0 Å². The van der Waals surface area contributed by atoms with Crippen LogP contribution in [0.15, 0.2) is 0 Å². The lowest BCUT2D eigenvalue weighted by atomic mass is 9.85. The molecule has 3 heteroatoms. The Morgan fingerprint density at radius 2 is 1.91 bits per heavy atom. The Labute approximate surface area is 68.2 Å². The molecule has 3 N–H and O–H groups in total. The molecule has 1 fully saturated rings. The van der Waals surface area contributed by atoms with Crippen molar-refractivity contribution in [1.82, 2.24) is 5.01 Å². The topological polar surface area (TPSA) is 49.5 Å². The molecule has 1 saturated carbocycles. The third kappa shape index (κ3) is 2.77. The summed E-state index contributed by atoms with van der Waals surface area (Å²) >= 11 is 0. The van der Waals surface area contributed by atoms with Crippen LogP contribution in [0.2, 0.25) is 0 Å². The standard InChI is InChI=1S/C8H18N2O/c1-10(9)7-8(11)5-3-2-4-6-8/h11H,2-7,9H2,1H3. The molecular weight excluding hydrogens is 140 g/mol. The van der Waals surface area contributed by atoms with E-state index in [0.29, 0.717) is 6.54 Å². The van der Waals surface area contributed by atoms with Crippen LogP contribution in [0, 0.1) is 0 Å². The van der Waals surface area contributed by atoms with Crippen LogP contribution in [-0.4, -0.2) is 29.3 Å². The maximum atomic E-state index is 9.92. The van der Waals surface area contributed by atoms with Crippen LogP contribution < -0.4 is 5.84 Å². The molecule has 1 rings (SSSR count). The van der Waals surface area contributed by atoms with Gasteiger partial charge >= 0.3 is 0 Å². The minimum Gasteiger partial charge on any atom is -0.388 e. The molecule has 0 aromatic rings. The van der Waals surface area contributed by atoms with Gasteiger partial charge in [-0.15, -0.1) is 0 Å². The Bertz CT molecular complexity index is 119. The minimum atomic E-state index is -0.498. The lowest BCUT2D eigenvalue weighted by Crippen LogP contribution is -2.45. The molecule has 1 aliphatic carbocycles. The van der Waals surface area contributed by atoms with Crippen LogP contribution >= 0.6 is 0 Å². The summed E-state index contributed by atoms with van der Waals surface area (Å²) in [5, 5.41) is 11.5. The second-order valence-electron chi connectivity index (χ2n) is 3.70. The normalized spacial score (nSPS) is 24.0. The molecule has 1 aliphatic rings. The van der Waals surface area contributed by atoms with Gasteiger partial charge in [0.1, 0.15) is 0 Å². The van der Waals surface area contributed by atoms with E-state index in [1.54, 1.807) is 12.1 Å². The highest BCUT2D eigenvalue weighted by molar-refractivity contribution is 4.83. The smallest absolute Gasteiger partial charge is 0.0787 e. The molecule has 0 spiro atoms. The van der Waals surface area contributed by atoms with Crippen molar-refractivity contribution in [3.8, 4) is 0 Å². The van der Waals surface area contributed by atoms with Gasteiger partial charge in [-0.3, -0.25) is 5.84 Å². The minimum absolute atomic E-state index is 0.498. The van der Waals surface area contributed by atoms with Crippen molar-refractivity contribution in [2.75, 3.05) is 13.6 Å². The fraction of sp³-hybridized carbons (Fsp3) is 1.00. The predicted molar refractivity (Wildman–Crippen MR) is 44.9 cm³/mol. The van der Waals surface area contributed by atoms with Gasteiger partial charge in [0.05, 0.1) is 5.60 Å². The molecule has 0 amide bonds. The molecule has 0 aromatic heterocycles. The van der Waals surface area contributed by atoms with Crippen molar-refractivity contribution in [2.45, 2.75) is 37.7 Å². The summed E-state index contributed by atoms with van der Waals surface area (Å²) in [6, 6.07) is 0. The van der Waals surface area contributed by atoms with E-state index < -0.39 is 5.60 Å². The second kappa shape index (κ2) is 3.52. The molecule has 0 saturated heterocycles. The summed E-state index contributed by atoms with van der Waals surface area (Å²) < 4.78 is 0. The van der Waals surface area contributed by atoms with E-state index in [1.165, 1.54) is 6.42 Å². The highest BCUT2D eigenvalue weighted by atomic mass is 16.3. The van der Waals surface area contributed by atoms with Crippen molar-refractivity contribution in [1.29, 1.82) is 0 Å². The van der Waals surface area contributed by atoms with Crippen LogP contribution in [-0.2, 0) is 0 Å². The number of hydrazine groups is 1. The Hall–Kier alpha value is -0.120. The monoisotopic (exact) mass is 158 g/mol. The zero-order valence-corrected chi connectivity index (χ0v) is 7.21. The molecule has 66 valence electrons. The zero-order valence-electron chi connectivity index (χ0n) is 7.21. The Kier molecular flexibility index (Phi) is 2.87. The third-order valence-electron chi connectivity index (χ3n) is 2.33. The summed E-state index contributed by atoms with van der Waals surface area (Å²) in [6.45, 7) is 0.604. The highest BCUT2D eigenvalue weighted by Gasteiger charge is 2.29. The second-order valence-corrected chi connectivity index (χ2v) is 3.70. The van der Waals surface area contributed by atoms with Crippen molar-refractivity contribution in [3.63, 3.8) is 0 Å². The molecule has 0 atom stereocenters. The molecule has 3 nitrogen and oxygen atoms in total. The van der Waals surface area contributed by atoms with Crippen molar-refractivity contribution in [3.05, 3.63) is 0 Å². The summed E-state index contributed by atoms with van der Waals surface area (Å²) in [6.07, 6.45) is 5.37. The van der Waals surface area contributed by atoms with Crippen LogP contribution in [0.5, 0.6) is 0 Å². The molecule has 11 heavy (non-hydrogen) atoms. The van der Waals surface area contributed by atoms with E-state index in [-0.39, 0.29) is 0 Å². The Morgan fingerprint density at radius 1 is 1.36 bits per heavy atom. The first-order valence-electron chi connectivity index (χ1n) is 4.31. The first kappa shape index (κ1) is 8.97. The van der Waals surface area contributed by atoms with Gasteiger partial charge in [0.2, 0.25) is 0 Å². The quantitative estimate of drug-likeness (QED) is 0.454. The van der Waals surface area contributed by atoms with Gasteiger partial charge in [0.15, 0.2) is 0 Å². The number of hydrogen-bond donors (Lipinski definition) is 2. The van der Waals surface area contributed by atoms with E-state index in [9.17, 15) is 5.11 Å². The zero-order chi connectivity index (χ0) is 8.32. The van der Waals surface area contributed by atoms with E-state index >= 15 is 0 Å². The van der Waals surface area contributed by atoms with E-state index in [4.69, 9.17) is 5.84 Å². The predicted octanol–water partition coefficient (Wildman–Crippen LogP) is 0.487. The number of nitrogens with two attached hydrogens (primary N) is 1. The largest absolute Gasteiger partial charge is 0.388 e. The number of likely N-dealkylation sites (N-methyl/N-ethyl adjacent to an activating group) is 1. The van der Waals surface area contributed by atoms with E-state index in [2.05, 4.69) is 0 Å². The molecular formula is C8H18N2O. The first-order chi connectivity index (χ1) is 5.12. The maximum absolute atomic E-state index is 9.92. The number of hydrogen-bond acceptors (Lipinski definition) is 3. The number of aliphatic hydroxyl groups is 1. The van der Waals surface area contributed by atoms with Crippen LogP contribution in [0.4, 0.5) is 0 Å². The highest BCUT2D eigenvalue weighted by Crippen LogP contribution is 2.27. The summed E-state index contributed by atoms with van der Waals surface area (Å²) in [4.78, 5) is 0. The molecule has 0 bridgehead atoms. The Balaban J connectivity index is 2.37. The van der Waals surface area contributed by atoms with Gasteiger partial charge < -0.3 is 5.11 Å². The summed E-state index contributed by atoms with van der Waals surface area (Å²) in [7, 11) is 1.80.